The zero-order valence-corrected chi connectivity index (χ0v) is 11.7. The SMILES string of the molecule is CCCC(NS(=O)(=O)CCC(=O)O)c1ccccc1. The first-order valence-electron chi connectivity index (χ1n) is 6.21. The highest BCUT2D eigenvalue weighted by Crippen LogP contribution is 2.19. The number of rotatable bonds is 8. The van der Waals surface area contributed by atoms with E-state index in [9.17, 15) is 13.2 Å². The number of hydrogen-bond acceptors (Lipinski definition) is 3. The van der Waals surface area contributed by atoms with Gasteiger partial charge in [-0.1, -0.05) is 43.7 Å². The van der Waals surface area contributed by atoms with Crippen molar-refractivity contribution in [3.8, 4) is 0 Å². The summed E-state index contributed by atoms with van der Waals surface area (Å²) in [6.45, 7) is 1.97. The molecule has 1 unspecified atom stereocenters. The summed E-state index contributed by atoms with van der Waals surface area (Å²) in [5.41, 5.74) is 0.892. The van der Waals surface area contributed by atoms with E-state index < -0.39 is 21.7 Å². The molecule has 0 saturated carbocycles. The summed E-state index contributed by atoms with van der Waals surface area (Å²) in [7, 11) is -3.58. The van der Waals surface area contributed by atoms with Gasteiger partial charge in [-0.2, -0.15) is 0 Å². The van der Waals surface area contributed by atoms with Gasteiger partial charge >= 0.3 is 5.97 Å². The van der Waals surface area contributed by atoms with Gasteiger partial charge in [-0.3, -0.25) is 4.79 Å². The van der Waals surface area contributed by atoms with Gasteiger partial charge in [0.05, 0.1) is 12.2 Å². The summed E-state index contributed by atoms with van der Waals surface area (Å²) in [5, 5.41) is 8.54. The molecule has 1 aromatic rings. The summed E-state index contributed by atoms with van der Waals surface area (Å²) in [4.78, 5) is 10.4. The second kappa shape index (κ2) is 7.25. The van der Waals surface area contributed by atoms with E-state index in [1.807, 2.05) is 37.3 Å². The van der Waals surface area contributed by atoms with Crippen LogP contribution in [0.1, 0.15) is 37.8 Å². The van der Waals surface area contributed by atoms with Gasteiger partial charge in [-0.25, -0.2) is 13.1 Å². The van der Waals surface area contributed by atoms with E-state index in [1.54, 1.807) is 0 Å². The van der Waals surface area contributed by atoms with Crippen molar-refractivity contribution in [1.29, 1.82) is 0 Å². The number of sulfonamides is 1. The largest absolute Gasteiger partial charge is 0.481 e. The molecule has 6 heteroatoms. The Hall–Kier alpha value is -1.40. The minimum Gasteiger partial charge on any atom is -0.481 e. The Morgan fingerprint density at radius 1 is 1.32 bits per heavy atom. The number of carbonyl (C=O) groups is 1. The molecule has 5 nitrogen and oxygen atoms in total. The van der Waals surface area contributed by atoms with Crippen molar-refractivity contribution in [2.24, 2.45) is 0 Å². The summed E-state index contributed by atoms with van der Waals surface area (Å²) < 4.78 is 26.2. The molecule has 0 aliphatic rings. The molecule has 0 saturated heterocycles. The third-order valence-electron chi connectivity index (χ3n) is 2.69. The highest BCUT2D eigenvalue weighted by atomic mass is 32.2. The molecular formula is C13H19NO4S. The van der Waals surface area contributed by atoms with Gasteiger partial charge < -0.3 is 5.11 Å². The van der Waals surface area contributed by atoms with E-state index >= 15 is 0 Å². The van der Waals surface area contributed by atoms with Gasteiger partial charge in [0.25, 0.3) is 0 Å². The van der Waals surface area contributed by atoms with E-state index in [1.165, 1.54) is 0 Å². The number of carboxylic acids is 1. The molecule has 0 amide bonds. The van der Waals surface area contributed by atoms with Gasteiger partial charge in [0.15, 0.2) is 0 Å². The average Bonchev–Trinajstić information content (AvgIpc) is 2.37. The summed E-state index contributed by atoms with van der Waals surface area (Å²) >= 11 is 0. The monoisotopic (exact) mass is 285 g/mol. The predicted octanol–water partition coefficient (Wildman–Crippen LogP) is 1.92. The van der Waals surface area contributed by atoms with E-state index in [-0.39, 0.29) is 12.5 Å². The molecule has 1 rings (SSSR count). The minimum atomic E-state index is -3.58. The van der Waals surface area contributed by atoms with Crippen LogP contribution >= 0.6 is 0 Å². The van der Waals surface area contributed by atoms with E-state index in [2.05, 4.69) is 4.72 Å². The lowest BCUT2D eigenvalue weighted by molar-refractivity contribution is -0.136. The minimum absolute atomic E-state index is 0.301. The first kappa shape index (κ1) is 15.7. The summed E-state index contributed by atoms with van der Waals surface area (Å²) in [5.74, 6) is -1.51. The first-order valence-corrected chi connectivity index (χ1v) is 7.86. The van der Waals surface area contributed by atoms with Gasteiger partial charge in [-0.05, 0) is 12.0 Å². The van der Waals surface area contributed by atoms with Crippen molar-refractivity contribution in [2.45, 2.75) is 32.2 Å². The second-order valence-electron chi connectivity index (χ2n) is 4.33. The molecule has 0 aromatic heterocycles. The summed E-state index contributed by atoms with van der Waals surface area (Å²) in [6, 6.07) is 8.99. The Morgan fingerprint density at radius 3 is 2.47 bits per heavy atom. The Balaban J connectivity index is 2.76. The predicted molar refractivity (Wildman–Crippen MR) is 73.3 cm³/mol. The van der Waals surface area contributed by atoms with Crippen molar-refractivity contribution in [3.05, 3.63) is 35.9 Å². The number of aliphatic carboxylic acids is 1. The van der Waals surface area contributed by atoms with Crippen molar-refractivity contribution >= 4 is 16.0 Å². The molecule has 1 aromatic carbocycles. The maximum Gasteiger partial charge on any atom is 0.304 e. The van der Waals surface area contributed by atoms with E-state index in [4.69, 9.17) is 5.11 Å². The van der Waals surface area contributed by atoms with Gasteiger partial charge in [-0.15, -0.1) is 0 Å². The highest BCUT2D eigenvalue weighted by molar-refractivity contribution is 7.89. The highest BCUT2D eigenvalue weighted by Gasteiger charge is 2.19. The topological polar surface area (TPSA) is 83.5 Å². The van der Waals surface area contributed by atoms with Gasteiger partial charge in [0.1, 0.15) is 0 Å². The number of carboxylic acid groups (broad SMARTS) is 1. The lowest BCUT2D eigenvalue weighted by Crippen LogP contribution is -2.31. The van der Waals surface area contributed by atoms with Crippen LogP contribution < -0.4 is 4.72 Å². The fourth-order valence-electron chi connectivity index (χ4n) is 1.77. The number of nitrogens with one attached hydrogen (secondary N) is 1. The van der Waals surface area contributed by atoms with Crippen LogP contribution in [0.3, 0.4) is 0 Å². The smallest absolute Gasteiger partial charge is 0.304 e. The zero-order valence-electron chi connectivity index (χ0n) is 10.9. The molecule has 0 fully saturated rings. The molecule has 106 valence electrons. The molecule has 2 N–H and O–H groups in total. The Bertz CT molecular complexity index is 499. The molecule has 0 radical (unpaired) electrons. The molecule has 1 atom stereocenters. The Morgan fingerprint density at radius 2 is 1.95 bits per heavy atom. The lowest BCUT2D eigenvalue weighted by Gasteiger charge is -2.18. The Labute approximate surface area is 113 Å². The third-order valence-corrected chi connectivity index (χ3v) is 4.07. The molecule has 19 heavy (non-hydrogen) atoms. The van der Waals surface area contributed by atoms with Crippen molar-refractivity contribution < 1.29 is 18.3 Å². The van der Waals surface area contributed by atoms with Crippen LogP contribution in [-0.2, 0) is 14.8 Å². The maximum absolute atomic E-state index is 11.8. The van der Waals surface area contributed by atoms with Gasteiger partial charge in [0.2, 0.25) is 10.0 Å². The molecule has 0 aliphatic carbocycles. The zero-order chi connectivity index (χ0) is 14.3. The van der Waals surface area contributed by atoms with Crippen LogP contribution in [0.5, 0.6) is 0 Å². The molecule has 0 spiro atoms. The standard InChI is InChI=1S/C13H19NO4S/c1-2-6-12(11-7-4-3-5-8-11)14-19(17,18)10-9-13(15)16/h3-5,7-8,12,14H,2,6,9-10H2,1H3,(H,15,16). The molecule has 0 aliphatic heterocycles. The van der Waals surface area contributed by atoms with E-state index in [0.29, 0.717) is 6.42 Å². The number of benzene rings is 1. The lowest BCUT2D eigenvalue weighted by atomic mass is 10.0. The maximum atomic E-state index is 11.8. The normalized spacial score (nSPS) is 13.1. The first-order chi connectivity index (χ1) is 8.94. The van der Waals surface area contributed by atoms with Crippen molar-refractivity contribution in [1.82, 2.24) is 4.72 Å². The Kier molecular flexibility index (Phi) is 5.98. The van der Waals surface area contributed by atoms with Crippen molar-refractivity contribution in [2.75, 3.05) is 5.75 Å². The number of hydrogen-bond donors (Lipinski definition) is 2. The fourth-order valence-corrected chi connectivity index (χ4v) is 3.01. The van der Waals surface area contributed by atoms with Crippen LogP contribution in [0.15, 0.2) is 30.3 Å². The second-order valence-corrected chi connectivity index (χ2v) is 6.21. The molecule has 0 heterocycles. The van der Waals surface area contributed by atoms with Crippen LogP contribution in [0.25, 0.3) is 0 Å². The van der Waals surface area contributed by atoms with Gasteiger partial charge in [0, 0.05) is 6.04 Å². The van der Waals surface area contributed by atoms with Crippen LogP contribution in [0.2, 0.25) is 0 Å². The van der Waals surface area contributed by atoms with Crippen LogP contribution in [-0.4, -0.2) is 25.2 Å². The average molecular weight is 285 g/mol. The van der Waals surface area contributed by atoms with Crippen molar-refractivity contribution in [3.63, 3.8) is 0 Å². The molecule has 0 bridgehead atoms. The fraction of sp³-hybridized carbons (Fsp3) is 0.462. The summed E-state index contributed by atoms with van der Waals surface area (Å²) in [6.07, 6.45) is 1.13. The van der Waals surface area contributed by atoms with Crippen LogP contribution in [0.4, 0.5) is 0 Å². The molecular weight excluding hydrogens is 266 g/mol. The van der Waals surface area contributed by atoms with E-state index in [0.717, 1.165) is 12.0 Å². The quantitative estimate of drug-likeness (QED) is 0.764. The third kappa shape index (κ3) is 5.85. The van der Waals surface area contributed by atoms with Crippen LogP contribution in [0, 0.1) is 0 Å².